The average molecular weight is 688 g/mol. The summed E-state index contributed by atoms with van der Waals surface area (Å²) in [5, 5.41) is 8.93. The highest BCUT2D eigenvalue weighted by Crippen LogP contribution is 2.37. The molecule has 9 nitrogen and oxygen atoms in total. The van der Waals surface area contributed by atoms with Gasteiger partial charge in [-0.15, -0.1) is 0 Å². The molecule has 3 aromatic carbocycles. The molecule has 2 atom stereocenters. The number of nitrogens with zero attached hydrogens (tertiary/aromatic N) is 1. The quantitative estimate of drug-likeness (QED) is 0.130. The van der Waals surface area contributed by atoms with E-state index in [4.69, 9.17) is 14.6 Å². The van der Waals surface area contributed by atoms with Crippen LogP contribution in [0.4, 0.5) is 26.3 Å². The first kappa shape index (κ1) is 35.7. The van der Waals surface area contributed by atoms with E-state index in [2.05, 4.69) is 15.8 Å². The summed E-state index contributed by atoms with van der Waals surface area (Å²) in [7, 11) is -3.92. The third-order valence-electron chi connectivity index (χ3n) is 7.32. The summed E-state index contributed by atoms with van der Waals surface area (Å²) < 4.78 is 118. The SMILES string of the molecule is C[C@@H]1OC(c2ccc(OCCCO)cc2)=N[C@]1(CCS(=O)(=O)c1ccccc1)C(=O)NNCc1cc(C(F)(F)F)cc(C(F)(F)F)c1. The van der Waals surface area contributed by atoms with Crippen LogP contribution in [0.1, 0.15) is 42.0 Å². The van der Waals surface area contributed by atoms with E-state index in [0.29, 0.717) is 29.9 Å². The smallest absolute Gasteiger partial charge is 0.416 e. The van der Waals surface area contributed by atoms with Crippen molar-refractivity contribution in [2.45, 2.75) is 55.2 Å². The van der Waals surface area contributed by atoms with Crippen LogP contribution in [0, 0.1) is 0 Å². The number of carbonyl (C=O) groups is 1. The second kappa shape index (κ2) is 14.3. The summed E-state index contributed by atoms with van der Waals surface area (Å²) in [6.07, 6.45) is -11.1. The first-order valence-corrected chi connectivity index (χ1v) is 15.9. The van der Waals surface area contributed by atoms with E-state index in [1.807, 2.05) is 0 Å². The second-order valence-electron chi connectivity index (χ2n) is 10.7. The van der Waals surface area contributed by atoms with E-state index in [-0.39, 0.29) is 36.5 Å². The first-order valence-electron chi connectivity index (χ1n) is 14.3. The van der Waals surface area contributed by atoms with E-state index in [1.54, 1.807) is 30.3 Å². The Morgan fingerprint density at radius 2 is 1.60 bits per heavy atom. The zero-order valence-electron chi connectivity index (χ0n) is 24.9. The number of hydrogen-bond acceptors (Lipinski definition) is 8. The molecule has 3 N–H and O–H groups in total. The molecule has 0 saturated heterocycles. The molecule has 0 radical (unpaired) electrons. The Morgan fingerprint density at radius 3 is 2.17 bits per heavy atom. The number of alkyl halides is 6. The van der Waals surface area contributed by atoms with E-state index < -0.39 is 68.7 Å². The minimum absolute atomic E-state index is 0.000588. The van der Waals surface area contributed by atoms with Crippen LogP contribution >= 0.6 is 0 Å². The maximum absolute atomic E-state index is 13.7. The molecule has 1 aliphatic rings. The van der Waals surface area contributed by atoms with Gasteiger partial charge in [-0.2, -0.15) is 26.3 Å². The van der Waals surface area contributed by atoms with Gasteiger partial charge in [-0.3, -0.25) is 10.2 Å². The molecule has 47 heavy (non-hydrogen) atoms. The van der Waals surface area contributed by atoms with Crippen molar-refractivity contribution in [3.8, 4) is 5.75 Å². The van der Waals surface area contributed by atoms with Crippen LogP contribution < -0.4 is 15.6 Å². The molecule has 0 aromatic heterocycles. The molecule has 16 heteroatoms. The fourth-order valence-corrected chi connectivity index (χ4v) is 6.13. The van der Waals surface area contributed by atoms with Crippen LogP contribution in [-0.4, -0.2) is 55.9 Å². The van der Waals surface area contributed by atoms with Gasteiger partial charge in [0.15, 0.2) is 15.4 Å². The maximum atomic E-state index is 13.7. The van der Waals surface area contributed by atoms with E-state index in [1.165, 1.54) is 31.2 Å². The number of sulfone groups is 1. The number of rotatable bonds is 13. The molecule has 1 amide bonds. The molecular formula is C31H31F6N3O6S. The predicted molar refractivity (Wildman–Crippen MR) is 158 cm³/mol. The number of carbonyl (C=O) groups excluding carboxylic acids is 1. The van der Waals surface area contributed by atoms with Crippen LogP contribution in [-0.2, 0) is 38.3 Å². The Hall–Kier alpha value is -4.15. The van der Waals surface area contributed by atoms with Gasteiger partial charge >= 0.3 is 12.4 Å². The number of ether oxygens (including phenoxy) is 2. The molecule has 254 valence electrons. The predicted octanol–water partition coefficient (Wildman–Crippen LogP) is 5.07. The van der Waals surface area contributed by atoms with Crippen LogP contribution in [0.15, 0.2) is 82.7 Å². The minimum atomic E-state index is -5.06. The van der Waals surface area contributed by atoms with Crippen molar-refractivity contribution in [1.29, 1.82) is 0 Å². The van der Waals surface area contributed by atoms with Crippen molar-refractivity contribution in [1.82, 2.24) is 10.9 Å². The van der Waals surface area contributed by atoms with E-state index >= 15 is 0 Å². The standard InChI is InChI=1S/C31H31F6N3O6S/c1-20-29(12-15-47(43,44)26-6-3-2-4-7-26,39-27(46-20)22-8-10-25(11-9-22)45-14-5-13-41)28(42)40-38-19-21-16-23(30(32,33)34)18-24(17-21)31(35,36)37/h2-4,6-11,16-18,20,38,41H,5,12-15,19H2,1H3,(H,40,42)/t20-,29-/m0/s1. The Bertz CT molecular complexity index is 1650. The van der Waals surface area contributed by atoms with Crippen molar-refractivity contribution in [3.05, 3.63) is 95.1 Å². The monoisotopic (exact) mass is 687 g/mol. The molecular weight excluding hydrogens is 656 g/mol. The number of hydrogen-bond donors (Lipinski definition) is 3. The van der Waals surface area contributed by atoms with Gasteiger partial charge in [0, 0.05) is 25.1 Å². The van der Waals surface area contributed by atoms with Gasteiger partial charge in [0.1, 0.15) is 11.9 Å². The highest BCUT2D eigenvalue weighted by molar-refractivity contribution is 7.91. The maximum Gasteiger partial charge on any atom is 0.416 e. The van der Waals surface area contributed by atoms with Crippen LogP contribution in [0.2, 0.25) is 0 Å². The lowest BCUT2D eigenvalue weighted by atomic mass is 9.90. The van der Waals surface area contributed by atoms with Crippen molar-refractivity contribution in [3.63, 3.8) is 0 Å². The topological polar surface area (TPSA) is 126 Å². The van der Waals surface area contributed by atoms with Gasteiger partial charge in [0.05, 0.1) is 28.4 Å². The van der Waals surface area contributed by atoms with Crippen LogP contribution in [0.25, 0.3) is 0 Å². The van der Waals surface area contributed by atoms with Crippen LogP contribution in [0.5, 0.6) is 5.75 Å². The highest BCUT2D eigenvalue weighted by Gasteiger charge is 2.51. The number of amides is 1. The summed E-state index contributed by atoms with van der Waals surface area (Å²) in [6.45, 7) is 1.07. The van der Waals surface area contributed by atoms with Crippen molar-refractivity contribution in [2.24, 2.45) is 4.99 Å². The van der Waals surface area contributed by atoms with Gasteiger partial charge in [-0.25, -0.2) is 18.8 Å². The summed E-state index contributed by atoms with van der Waals surface area (Å²) in [5.41, 5.74) is -0.282. The van der Waals surface area contributed by atoms with Gasteiger partial charge in [0.2, 0.25) is 5.90 Å². The number of halogens is 6. The number of aliphatic imine (C=N–C) groups is 1. The summed E-state index contributed by atoms with van der Waals surface area (Å²) >= 11 is 0. The lowest BCUT2D eigenvalue weighted by Gasteiger charge is -2.28. The lowest BCUT2D eigenvalue weighted by Crippen LogP contribution is -2.55. The Morgan fingerprint density at radius 1 is 0.979 bits per heavy atom. The Labute approximate surface area is 266 Å². The largest absolute Gasteiger partial charge is 0.494 e. The molecule has 4 rings (SSSR count). The molecule has 3 aromatic rings. The number of benzene rings is 3. The molecule has 0 unspecified atom stereocenters. The van der Waals surface area contributed by atoms with Crippen LogP contribution in [0.3, 0.4) is 0 Å². The lowest BCUT2D eigenvalue weighted by molar-refractivity contribution is -0.143. The second-order valence-corrected chi connectivity index (χ2v) is 12.8. The normalized spacial score (nSPS) is 18.4. The number of aliphatic hydroxyl groups is 1. The third-order valence-corrected chi connectivity index (χ3v) is 9.06. The van der Waals surface area contributed by atoms with E-state index in [9.17, 15) is 39.6 Å². The highest BCUT2D eigenvalue weighted by atomic mass is 32.2. The number of aliphatic hydroxyl groups excluding tert-OH is 1. The van der Waals surface area contributed by atoms with Gasteiger partial charge in [-0.05, 0) is 73.5 Å². The van der Waals surface area contributed by atoms with E-state index in [0.717, 1.165) is 0 Å². The van der Waals surface area contributed by atoms with Gasteiger partial charge < -0.3 is 14.6 Å². The molecule has 0 saturated carbocycles. The van der Waals surface area contributed by atoms with Gasteiger partial charge in [0.25, 0.3) is 5.91 Å². The first-order chi connectivity index (χ1) is 22.0. The number of hydrazine groups is 1. The Kier molecular flexibility index (Phi) is 10.9. The zero-order valence-corrected chi connectivity index (χ0v) is 25.7. The summed E-state index contributed by atoms with van der Waals surface area (Å²) in [4.78, 5) is 18.2. The third kappa shape index (κ3) is 8.81. The molecule has 0 bridgehead atoms. The molecule has 1 aliphatic heterocycles. The van der Waals surface area contributed by atoms with Crippen molar-refractivity contribution < 1.29 is 54.1 Å². The number of nitrogens with one attached hydrogen (secondary N) is 2. The van der Waals surface area contributed by atoms with Gasteiger partial charge in [-0.1, -0.05) is 18.2 Å². The zero-order chi connectivity index (χ0) is 34.5. The average Bonchev–Trinajstić information content (AvgIpc) is 3.37. The summed E-state index contributed by atoms with van der Waals surface area (Å²) in [5.74, 6) is -0.983. The van der Waals surface area contributed by atoms with Crippen molar-refractivity contribution >= 4 is 21.6 Å². The minimum Gasteiger partial charge on any atom is -0.494 e. The fraction of sp³-hybridized carbons (Fsp3) is 0.355. The molecule has 0 spiro atoms. The summed E-state index contributed by atoms with van der Waals surface area (Å²) in [6, 6.07) is 14.9. The van der Waals surface area contributed by atoms with Crippen molar-refractivity contribution in [2.75, 3.05) is 19.0 Å². The molecule has 1 heterocycles. The molecule has 0 fully saturated rings. The molecule has 0 aliphatic carbocycles. The fourth-order valence-electron chi connectivity index (χ4n) is 4.74. The Balaban J connectivity index is 1.60.